The minimum atomic E-state index is -0.279. The molecule has 2 aliphatic rings. The van der Waals surface area contributed by atoms with E-state index in [1.54, 1.807) is 0 Å². The topological polar surface area (TPSA) is 35.5 Å². The lowest BCUT2D eigenvalue weighted by molar-refractivity contribution is 0.137. The molecule has 2 aliphatic heterocycles. The minimum Gasteiger partial charge on any atom is -0.391 e. The standard InChI is InChI=1S/C17H26N2O/c20-17(11-14-5-2-1-3-6-14)13-18-15-8-10-19-9-4-7-16(19)12-15/h1-3,5-6,15-18,20H,4,7-13H2. The normalized spacial score (nSPS) is 28.2. The predicted octanol–water partition coefficient (Wildman–Crippen LogP) is 1.81. The number of rotatable bonds is 5. The van der Waals surface area contributed by atoms with Crippen molar-refractivity contribution >= 4 is 0 Å². The van der Waals surface area contributed by atoms with Gasteiger partial charge in [-0.25, -0.2) is 0 Å². The fraction of sp³-hybridized carbons (Fsp3) is 0.647. The average Bonchev–Trinajstić information content (AvgIpc) is 2.93. The van der Waals surface area contributed by atoms with Crippen molar-refractivity contribution in [2.45, 2.75) is 50.3 Å². The Hall–Kier alpha value is -0.900. The second-order valence-electron chi connectivity index (χ2n) is 6.31. The highest BCUT2D eigenvalue weighted by atomic mass is 16.3. The van der Waals surface area contributed by atoms with Gasteiger partial charge < -0.3 is 15.3 Å². The minimum absolute atomic E-state index is 0.279. The molecular weight excluding hydrogens is 248 g/mol. The first kappa shape index (κ1) is 14.1. The van der Waals surface area contributed by atoms with Gasteiger partial charge in [-0.1, -0.05) is 30.3 Å². The molecule has 0 saturated carbocycles. The summed E-state index contributed by atoms with van der Waals surface area (Å²) in [7, 11) is 0. The van der Waals surface area contributed by atoms with E-state index in [4.69, 9.17) is 0 Å². The molecule has 110 valence electrons. The maximum atomic E-state index is 10.1. The van der Waals surface area contributed by atoms with E-state index in [0.29, 0.717) is 12.6 Å². The lowest BCUT2D eigenvalue weighted by Gasteiger charge is -2.35. The molecule has 1 aromatic carbocycles. The van der Waals surface area contributed by atoms with Crippen LogP contribution in [0.2, 0.25) is 0 Å². The molecule has 0 aliphatic carbocycles. The summed E-state index contributed by atoms with van der Waals surface area (Å²) in [5.41, 5.74) is 1.22. The van der Waals surface area contributed by atoms with Crippen LogP contribution in [0.5, 0.6) is 0 Å². The third kappa shape index (κ3) is 3.60. The Labute approximate surface area is 122 Å². The van der Waals surface area contributed by atoms with Gasteiger partial charge in [-0.15, -0.1) is 0 Å². The molecule has 2 saturated heterocycles. The quantitative estimate of drug-likeness (QED) is 0.859. The van der Waals surface area contributed by atoms with E-state index in [-0.39, 0.29) is 6.10 Å². The Morgan fingerprint density at radius 1 is 1.20 bits per heavy atom. The first-order valence-corrected chi connectivity index (χ1v) is 8.00. The van der Waals surface area contributed by atoms with Crippen LogP contribution in [0.3, 0.4) is 0 Å². The van der Waals surface area contributed by atoms with Crippen LogP contribution in [-0.2, 0) is 6.42 Å². The van der Waals surface area contributed by atoms with Crippen LogP contribution in [0.1, 0.15) is 31.2 Å². The van der Waals surface area contributed by atoms with Crippen molar-refractivity contribution in [3.8, 4) is 0 Å². The van der Waals surface area contributed by atoms with Crippen molar-refractivity contribution in [3.05, 3.63) is 35.9 Å². The number of aliphatic hydroxyl groups excluding tert-OH is 1. The molecule has 1 aromatic rings. The van der Waals surface area contributed by atoms with Crippen molar-refractivity contribution < 1.29 is 5.11 Å². The van der Waals surface area contributed by atoms with Gasteiger partial charge in [0.25, 0.3) is 0 Å². The van der Waals surface area contributed by atoms with E-state index in [2.05, 4.69) is 22.3 Å². The van der Waals surface area contributed by atoms with Gasteiger partial charge in [0.1, 0.15) is 0 Å². The second-order valence-corrected chi connectivity index (χ2v) is 6.31. The molecule has 3 rings (SSSR count). The summed E-state index contributed by atoms with van der Waals surface area (Å²) in [6.45, 7) is 3.25. The molecule has 2 N–H and O–H groups in total. The highest BCUT2D eigenvalue weighted by molar-refractivity contribution is 5.15. The van der Waals surface area contributed by atoms with Crippen LogP contribution in [0.25, 0.3) is 0 Å². The fourth-order valence-corrected chi connectivity index (χ4v) is 3.67. The van der Waals surface area contributed by atoms with Gasteiger partial charge in [0.2, 0.25) is 0 Å². The van der Waals surface area contributed by atoms with E-state index in [1.807, 2.05) is 18.2 Å². The number of benzene rings is 1. The Morgan fingerprint density at radius 3 is 2.90 bits per heavy atom. The van der Waals surface area contributed by atoms with Crippen LogP contribution in [-0.4, -0.2) is 47.8 Å². The maximum absolute atomic E-state index is 10.1. The largest absolute Gasteiger partial charge is 0.391 e. The van der Waals surface area contributed by atoms with E-state index < -0.39 is 0 Å². The summed E-state index contributed by atoms with van der Waals surface area (Å²) in [5, 5.41) is 13.7. The summed E-state index contributed by atoms with van der Waals surface area (Å²) in [6.07, 6.45) is 5.70. The molecule has 0 bridgehead atoms. The van der Waals surface area contributed by atoms with Gasteiger partial charge in [0, 0.05) is 18.6 Å². The summed E-state index contributed by atoms with van der Waals surface area (Å²) in [4.78, 5) is 2.64. The van der Waals surface area contributed by atoms with Crippen molar-refractivity contribution in [2.24, 2.45) is 0 Å². The van der Waals surface area contributed by atoms with Crippen LogP contribution in [0, 0.1) is 0 Å². The summed E-state index contributed by atoms with van der Waals surface area (Å²) in [6, 6.07) is 11.6. The Bertz CT molecular complexity index is 409. The molecule has 3 unspecified atom stereocenters. The molecular formula is C17H26N2O. The SMILES string of the molecule is OC(CNC1CCN2CCCC2C1)Cc1ccccc1. The molecule has 0 spiro atoms. The summed E-state index contributed by atoms with van der Waals surface area (Å²) in [5.74, 6) is 0. The first-order chi connectivity index (χ1) is 9.81. The van der Waals surface area contributed by atoms with Crippen LogP contribution in [0.15, 0.2) is 30.3 Å². The van der Waals surface area contributed by atoms with Crippen molar-refractivity contribution in [3.63, 3.8) is 0 Å². The maximum Gasteiger partial charge on any atom is 0.0704 e. The number of nitrogens with one attached hydrogen (secondary N) is 1. The molecule has 0 amide bonds. The van der Waals surface area contributed by atoms with E-state index in [0.717, 1.165) is 12.5 Å². The first-order valence-electron chi connectivity index (χ1n) is 8.00. The van der Waals surface area contributed by atoms with E-state index in [9.17, 15) is 5.11 Å². The zero-order chi connectivity index (χ0) is 13.8. The van der Waals surface area contributed by atoms with Crippen LogP contribution >= 0.6 is 0 Å². The molecule has 3 heteroatoms. The molecule has 3 atom stereocenters. The van der Waals surface area contributed by atoms with Gasteiger partial charge >= 0.3 is 0 Å². The summed E-state index contributed by atoms with van der Waals surface area (Å²) >= 11 is 0. The van der Waals surface area contributed by atoms with Gasteiger partial charge in [0.05, 0.1) is 6.10 Å². The molecule has 2 fully saturated rings. The summed E-state index contributed by atoms with van der Waals surface area (Å²) < 4.78 is 0. The van der Waals surface area contributed by atoms with E-state index >= 15 is 0 Å². The fourth-order valence-electron chi connectivity index (χ4n) is 3.67. The van der Waals surface area contributed by atoms with Gasteiger partial charge in [-0.05, 0) is 50.8 Å². The number of hydrogen-bond donors (Lipinski definition) is 2. The molecule has 0 aromatic heterocycles. The smallest absolute Gasteiger partial charge is 0.0704 e. The van der Waals surface area contributed by atoms with Crippen molar-refractivity contribution in [1.29, 1.82) is 0 Å². The van der Waals surface area contributed by atoms with Crippen molar-refractivity contribution in [2.75, 3.05) is 19.6 Å². The molecule has 20 heavy (non-hydrogen) atoms. The highest BCUT2D eigenvalue weighted by Gasteiger charge is 2.31. The number of piperidine rings is 1. The Kier molecular flexibility index (Phi) is 4.71. The predicted molar refractivity (Wildman–Crippen MR) is 81.8 cm³/mol. The van der Waals surface area contributed by atoms with Gasteiger partial charge in [-0.2, -0.15) is 0 Å². The van der Waals surface area contributed by atoms with Crippen LogP contribution < -0.4 is 5.32 Å². The number of aliphatic hydroxyl groups is 1. The monoisotopic (exact) mass is 274 g/mol. The molecule has 2 heterocycles. The van der Waals surface area contributed by atoms with E-state index in [1.165, 1.54) is 44.3 Å². The number of hydrogen-bond acceptors (Lipinski definition) is 3. The zero-order valence-corrected chi connectivity index (χ0v) is 12.2. The second kappa shape index (κ2) is 6.70. The third-order valence-corrected chi connectivity index (χ3v) is 4.78. The highest BCUT2D eigenvalue weighted by Crippen LogP contribution is 2.26. The number of fused-ring (bicyclic) bond motifs is 1. The average molecular weight is 274 g/mol. The van der Waals surface area contributed by atoms with Crippen LogP contribution in [0.4, 0.5) is 0 Å². The lowest BCUT2D eigenvalue weighted by Crippen LogP contribution is -2.47. The lowest BCUT2D eigenvalue weighted by atomic mass is 9.97. The zero-order valence-electron chi connectivity index (χ0n) is 12.2. The van der Waals surface area contributed by atoms with Gasteiger partial charge in [0.15, 0.2) is 0 Å². The molecule has 0 radical (unpaired) electrons. The van der Waals surface area contributed by atoms with Crippen molar-refractivity contribution in [1.82, 2.24) is 10.2 Å². The Balaban J connectivity index is 1.40. The third-order valence-electron chi connectivity index (χ3n) is 4.78. The molecule has 3 nitrogen and oxygen atoms in total. The number of nitrogens with zero attached hydrogens (tertiary/aromatic N) is 1. The Morgan fingerprint density at radius 2 is 2.05 bits per heavy atom. The van der Waals surface area contributed by atoms with Gasteiger partial charge in [-0.3, -0.25) is 0 Å².